The van der Waals surface area contributed by atoms with Crippen LogP contribution in [0.4, 0.5) is 0 Å². The third kappa shape index (κ3) is 3.96. The number of aliphatic carboxylic acids is 1. The Morgan fingerprint density at radius 2 is 2.11 bits per heavy atom. The lowest BCUT2D eigenvalue weighted by atomic mass is 9.69. The minimum Gasteiger partial charge on any atom is -0.481 e. The topological polar surface area (TPSA) is 37.3 Å². The van der Waals surface area contributed by atoms with E-state index in [1.165, 1.54) is 24.1 Å². The average molecular weight is 301 g/mol. The molecule has 0 aliphatic heterocycles. The summed E-state index contributed by atoms with van der Waals surface area (Å²) >= 11 is 7.73. The number of halogens is 1. The highest BCUT2D eigenvalue weighted by molar-refractivity contribution is 7.16. The molecule has 0 atom stereocenters. The Morgan fingerprint density at radius 3 is 2.63 bits per heavy atom. The highest BCUT2D eigenvalue weighted by Crippen LogP contribution is 2.43. The van der Waals surface area contributed by atoms with Gasteiger partial charge in [0, 0.05) is 4.88 Å². The molecule has 0 unspecified atom stereocenters. The maximum atomic E-state index is 11.1. The SMILES string of the molecule is Cc1cc(CCC2(CC(=O)O)CCCCC2)sc1Cl. The Kier molecular flexibility index (Phi) is 4.91. The first-order valence-electron chi connectivity index (χ1n) is 6.97. The van der Waals surface area contributed by atoms with Gasteiger partial charge in [-0.3, -0.25) is 4.79 Å². The van der Waals surface area contributed by atoms with Gasteiger partial charge in [0.1, 0.15) is 0 Å². The summed E-state index contributed by atoms with van der Waals surface area (Å²) in [5, 5.41) is 9.16. The minimum atomic E-state index is -0.651. The molecule has 0 saturated heterocycles. The highest BCUT2D eigenvalue weighted by Gasteiger charge is 2.34. The average Bonchev–Trinajstić information content (AvgIpc) is 2.67. The largest absolute Gasteiger partial charge is 0.481 e. The molecule has 1 saturated carbocycles. The first-order valence-corrected chi connectivity index (χ1v) is 8.17. The number of carboxylic acids is 1. The van der Waals surface area contributed by atoms with Gasteiger partial charge < -0.3 is 5.11 Å². The zero-order valence-corrected chi connectivity index (χ0v) is 12.9. The van der Waals surface area contributed by atoms with Gasteiger partial charge in [0.15, 0.2) is 0 Å². The van der Waals surface area contributed by atoms with Crippen molar-refractivity contribution in [3.05, 3.63) is 20.8 Å². The molecule has 0 aromatic carbocycles. The molecule has 2 nitrogen and oxygen atoms in total. The van der Waals surface area contributed by atoms with Crippen LogP contribution in [0.1, 0.15) is 55.4 Å². The van der Waals surface area contributed by atoms with Crippen LogP contribution >= 0.6 is 22.9 Å². The van der Waals surface area contributed by atoms with E-state index < -0.39 is 5.97 Å². The molecule has 1 aromatic heterocycles. The van der Waals surface area contributed by atoms with E-state index in [2.05, 4.69) is 6.07 Å². The summed E-state index contributed by atoms with van der Waals surface area (Å²) < 4.78 is 0.867. The van der Waals surface area contributed by atoms with Crippen molar-refractivity contribution in [1.29, 1.82) is 0 Å². The fraction of sp³-hybridized carbons (Fsp3) is 0.667. The van der Waals surface area contributed by atoms with Gasteiger partial charge in [0.05, 0.1) is 10.8 Å². The maximum Gasteiger partial charge on any atom is 0.303 e. The second kappa shape index (κ2) is 6.27. The van der Waals surface area contributed by atoms with Gasteiger partial charge in [-0.15, -0.1) is 11.3 Å². The van der Waals surface area contributed by atoms with Crippen LogP contribution < -0.4 is 0 Å². The van der Waals surface area contributed by atoms with Gasteiger partial charge in [-0.1, -0.05) is 30.9 Å². The van der Waals surface area contributed by atoms with Gasteiger partial charge >= 0.3 is 5.97 Å². The van der Waals surface area contributed by atoms with E-state index in [-0.39, 0.29) is 5.41 Å². The summed E-state index contributed by atoms with van der Waals surface area (Å²) in [6.07, 6.45) is 8.02. The van der Waals surface area contributed by atoms with E-state index in [4.69, 9.17) is 16.7 Å². The molecule has 4 heteroatoms. The van der Waals surface area contributed by atoms with E-state index >= 15 is 0 Å². The number of hydrogen-bond acceptors (Lipinski definition) is 2. The lowest BCUT2D eigenvalue weighted by molar-refractivity contribution is -0.140. The summed E-state index contributed by atoms with van der Waals surface area (Å²) in [5.41, 5.74) is 1.16. The van der Waals surface area contributed by atoms with Crippen LogP contribution in [0.3, 0.4) is 0 Å². The van der Waals surface area contributed by atoms with Crippen LogP contribution in [0, 0.1) is 12.3 Å². The molecule has 0 bridgehead atoms. The van der Waals surface area contributed by atoms with Crippen LogP contribution in [0.5, 0.6) is 0 Å². The number of aryl methyl sites for hydroxylation is 2. The smallest absolute Gasteiger partial charge is 0.303 e. The summed E-state index contributed by atoms with van der Waals surface area (Å²) in [5.74, 6) is -0.651. The highest BCUT2D eigenvalue weighted by atomic mass is 35.5. The molecular weight excluding hydrogens is 280 g/mol. The molecule has 1 heterocycles. The Bertz CT molecular complexity index is 427. The molecule has 0 radical (unpaired) electrons. The van der Waals surface area contributed by atoms with Crippen LogP contribution in [0.25, 0.3) is 0 Å². The number of rotatable bonds is 5. The lowest BCUT2D eigenvalue weighted by Gasteiger charge is -2.36. The maximum absolute atomic E-state index is 11.1. The molecule has 0 amide bonds. The molecule has 106 valence electrons. The number of thiophene rings is 1. The third-order valence-electron chi connectivity index (χ3n) is 4.25. The van der Waals surface area contributed by atoms with Gasteiger partial charge in [-0.05, 0) is 49.7 Å². The zero-order chi connectivity index (χ0) is 13.9. The Hall–Kier alpha value is -0.540. The first kappa shape index (κ1) is 14.9. The van der Waals surface area contributed by atoms with Gasteiger partial charge in [0.2, 0.25) is 0 Å². The standard InChI is InChI=1S/C15H21ClO2S/c1-11-9-12(19-14(11)16)5-8-15(10-13(17)18)6-3-2-4-7-15/h9H,2-8,10H2,1H3,(H,17,18). The van der Waals surface area contributed by atoms with Crippen molar-refractivity contribution in [2.75, 3.05) is 0 Å². The van der Waals surface area contributed by atoms with Crippen molar-refractivity contribution >= 4 is 28.9 Å². The molecule has 1 aromatic rings. The fourth-order valence-electron chi connectivity index (χ4n) is 3.17. The molecule has 0 spiro atoms. The van der Waals surface area contributed by atoms with E-state index in [0.717, 1.165) is 35.6 Å². The fourth-order valence-corrected chi connectivity index (χ4v) is 4.41. The normalized spacial score (nSPS) is 18.4. The van der Waals surface area contributed by atoms with Crippen molar-refractivity contribution < 1.29 is 9.90 Å². The summed E-state index contributed by atoms with van der Waals surface area (Å²) in [6, 6.07) is 2.14. The first-order chi connectivity index (χ1) is 9.01. The van der Waals surface area contributed by atoms with Crippen LogP contribution in [-0.2, 0) is 11.2 Å². The van der Waals surface area contributed by atoms with Crippen molar-refractivity contribution in [1.82, 2.24) is 0 Å². The van der Waals surface area contributed by atoms with E-state index in [0.29, 0.717) is 6.42 Å². The Labute approximate surface area is 123 Å². The predicted molar refractivity (Wildman–Crippen MR) is 80.2 cm³/mol. The monoisotopic (exact) mass is 300 g/mol. The van der Waals surface area contributed by atoms with E-state index in [1.54, 1.807) is 11.3 Å². The number of hydrogen-bond donors (Lipinski definition) is 1. The predicted octanol–water partition coefficient (Wildman–Crippen LogP) is 5.07. The van der Waals surface area contributed by atoms with Crippen LogP contribution in [0.2, 0.25) is 4.34 Å². The van der Waals surface area contributed by atoms with Crippen molar-refractivity contribution in [2.45, 2.75) is 58.3 Å². The van der Waals surface area contributed by atoms with Gasteiger partial charge in [0.25, 0.3) is 0 Å². The molecule has 1 aliphatic carbocycles. The molecule has 19 heavy (non-hydrogen) atoms. The van der Waals surface area contributed by atoms with Crippen LogP contribution in [-0.4, -0.2) is 11.1 Å². The molecule has 1 aliphatic rings. The summed E-state index contributed by atoms with van der Waals surface area (Å²) in [7, 11) is 0. The second-order valence-corrected chi connectivity index (χ2v) is 7.54. The summed E-state index contributed by atoms with van der Waals surface area (Å²) in [6.45, 7) is 2.02. The molecule has 1 N–H and O–H groups in total. The molecule has 1 fully saturated rings. The van der Waals surface area contributed by atoms with Crippen LogP contribution in [0.15, 0.2) is 6.07 Å². The van der Waals surface area contributed by atoms with Crippen molar-refractivity contribution in [2.24, 2.45) is 5.41 Å². The zero-order valence-electron chi connectivity index (χ0n) is 11.4. The quantitative estimate of drug-likeness (QED) is 0.824. The van der Waals surface area contributed by atoms with Crippen molar-refractivity contribution in [3.63, 3.8) is 0 Å². The number of carbonyl (C=O) groups is 1. The molecular formula is C15H21ClO2S. The van der Waals surface area contributed by atoms with E-state index in [9.17, 15) is 4.79 Å². The van der Waals surface area contributed by atoms with Gasteiger partial charge in [-0.2, -0.15) is 0 Å². The number of carboxylic acid groups (broad SMARTS) is 1. The summed E-state index contributed by atoms with van der Waals surface area (Å²) in [4.78, 5) is 12.4. The lowest BCUT2D eigenvalue weighted by Crippen LogP contribution is -2.28. The Balaban J connectivity index is 2.01. The second-order valence-electron chi connectivity index (χ2n) is 5.80. The molecule has 2 rings (SSSR count). The van der Waals surface area contributed by atoms with Gasteiger partial charge in [-0.25, -0.2) is 0 Å². The van der Waals surface area contributed by atoms with E-state index in [1.807, 2.05) is 6.92 Å². The Morgan fingerprint density at radius 1 is 1.42 bits per heavy atom. The third-order valence-corrected chi connectivity index (χ3v) is 5.87. The van der Waals surface area contributed by atoms with Crippen molar-refractivity contribution in [3.8, 4) is 0 Å². The minimum absolute atomic E-state index is 0.0223.